The zero-order valence-electron chi connectivity index (χ0n) is 19.6. The average molecular weight is 446 g/mol. The van der Waals surface area contributed by atoms with Crippen molar-refractivity contribution in [2.75, 3.05) is 7.11 Å². The Bertz CT molecular complexity index is 816. The molecular weight excluding hydrogens is 411 g/mol. The highest BCUT2D eigenvalue weighted by atomic mass is 16.6. The minimum Gasteiger partial charge on any atom is -0.499 e. The lowest BCUT2D eigenvalue weighted by atomic mass is 9.80. The predicted octanol–water partition coefficient (Wildman–Crippen LogP) is 1.78. The lowest BCUT2D eigenvalue weighted by Crippen LogP contribution is -2.51. The van der Waals surface area contributed by atoms with Gasteiger partial charge in [-0.15, -0.1) is 0 Å². The van der Waals surface area contributed by atoms with Gasteiger partial charge in [0, 0.05) is 6.42 Å². The van der Waals surface area contributed by atoms with Gasteiger partial charge in [-0.25, -0.2) is 4.79 Å². The van der Waals surface area contributed by atoms with E-state index in [9.17, 15) is 19.6 Å². The fraction of sp³-hybridized carbons (Fsp3) is 0.565. The minimum absolute atomic E-state index is 0.209. The number of methoxy groups -OCH3 is 1. The van der Waals surface area contributed by atoms with E-state index in [1.54, 1.807) is 45.2 Å². The number of ether oxygens (including phenoxy) is 2. The van der Waals surface area contributed by atoms with E-state index in [1.807, 2.05) is 13.8 Å². The zero-order chi connectivity index (χ0) is 23.9. The summed E-state index contributed by atoms with van der Waals surface area (Å²) in [5, 5.41) is 24.2. The fourth-order valence-electron chi connectivity index (χ4n) is 3.37. The van der Waals surface area contributed by atoms with E-state index in [-0.39, 0.29) is 18.4 Å². The summed E-state index contributed by atoms with van der Waals surface area (Å²) in [6.45, 7) is 7.38. The molecule has 0 saturated heterocycles. The second-order valence-corrected chi connectivity index (χ2v) is 8.77. The smallest absolute Gasteiger partial charge is 0.488 e. The Balaban J connectivity index is 2.16. The standard InChI is InChI=1S/C23H35BN2O6/c1-6-23(3,4)32-22(28)26-19(14-16-10-12-18(13-11-16)24(29)30)21(27)25-15(2)20(31-5)17-8-7-9-17/h10-13,15,19,29-30H,6-9,14H2,1-5H3,(H,25,27)(H,26,28). The third-order valence-corrected chi connectivity index (χ3v) is 5.82. The quantitative estimate of drug-likeness (QED) is 0.322. The highest BCUT2D eigenvalue weighted by molar-refractivity contribution is 6.58. The molecule has 1 fully saturated rings. The number of carbonyl (C=O) groups is 2. The number of rotatable bonds is 10. The lowest BCUT2D eigenvalue weighted by Gasteiger charge is -2.28. The van der Waals surface area contributed by atoms with Crippen LogP contribution in [0.2, 0.25) is 0 Å². The number of carbonyl (C=O) groups excluding carboxylic acids is 2. The highest BCUT2D eigenvalue weighted by Gasteiger charge is 2.29. The SMILES string of the molecule is CCC(C)(C)OC(=O)NC(Cc1ccc(B(O)O)cc1)C(=O)NC(C)C(OC)=C1CCC1. The summed E-state index contributed by atoms with van der Waals surface area (Å²) in [6.07, 6.45) is 3.21. The van der Waals surface area contributed by atoms with Crippen LogP contribution in [0.1, 0.15) is 58.9 Å². The van der Waals surface area contributed by atoms with Crippen molar-refractivity contribution in [3.05, 3.63) is 41.2 Å². The van der Waals surface area contributed by atoms with Crippen molar-refractivity contribution in [2.24, 2.45) is 0 Å². The van der Waals surface area contributed by atoms with Gasteiger partial charge in [-0.05, 0) is 63.1 Å². The third-order valence-electron chi connectivity index (χ3n) is 5.82. The van der Waals surface area contributed by atoms with Crippen molar-refractivity contribution >= 4 is 24.6 Å². The number of nitrogens with one attached hydrogen (secondary N) is 2. The maximum Gasteiger partial charge on any atom is 0.488 e. The first-order chi connectivity index (χ1) is 15.1. The van der Waals surface area contributed by atoms with Crippen LogP contribution in [-0.4, -0.2) is 54.0 Å². The van der Waals surface area contributed by atoms with Crippen LogP contribution in [0.25, 0.3) is 0 Å². The first-order valence-corrected chi connectivity index (χ1v) is 11.1. The Morgan fingerprint density at radius 3 is 2.25 bits per heavy atom. The van der Waals surface area contributed by atoms with E-state index in [4.69, 9.17) is 9.47 Å². The Morgan fingerprint density at radius 2 is 1.78 bits per heavy atom. The summed E-state index contributed by atoms with van der Waals surface area (Å²) in [5.41, 5.74) is 1.64. The van der Waals surface area contributed by atoms with Crippen molar-refractivity contribution in [2.45, 2.75) is 77.5 Å². The number of allylic oxidation sites excluding steroid dienone is 1. The Kier molecular flexibility index (Phi) is 9.15. The van der Waals surface area contributed by atoms with Crippen LogP contribution in [-0.2, 0) is 20.7 Å². The Morgan fingerprint density at radius 1 is 1.16 bits per heavy atom. The van der Waals surface area contributed by atoms with Gasteiger partial charge in [0.25, 0.3) is 0 Å². The minimum atomic E-state index is -1.57. The maximum atomic E-state index is 13.1. The number of alkyl carbamates (subject to hydrolysis) is 1. The van der Waals surface area contributed by atoms with Gasteiger partial charge in [-0.1, -0.05) is 31.2 Å². The molecule has 1 aromatic rings. The predicted molar refractivity (Wildman–Crippen MR) is 123 cm³/mol. The molecule has 4 N–H and O–H groups in total. The summed E-state index contributed by atoms with van der Waals surface area (Å²) in [5.74, 6) is 0.406. The van der Waals surface area contributed by atoms with E-state index in [2.05, 4.69) is 10.6 Å². The van der Waals surface area contributed by atoms with Gasteiger partial charge in [0.1, 0.15) is 17.4 Å². The largest absolute Gasteiger partial charge is 0.499 e. The molecule has 0 spiro atoms. The summed E-state index contributed by atoms with van der Waals surface area (Å²) in [4.78, 5) is 25.6. The fourth-order valence-corrected chi connectivity index (χ4v) is 3.37. The molecule has 0 radical (unpaired) electrons. The molecule has 0 aromatic heterocycles. The summed E-state index contributed by atoms with van der Waals surface area (Å²) >= 11 is 0. The molecule has 8 nitrogen and oxygen atoms in total. The Hall–Kier alpha value is -2.52. The molecule has 2 rings (SSSR count). The van der Waals surface area contributed by atoms with Crippen LogP contribution < -0.4 is 16.1 Å². The molecule has 0 bridgehead atoms. The molecule has 32 heavy (non-hydrogen) atoms. The van der Waals surface area contributed by atoms with Gasteiger partial charge < -0.3 is 30.2 Å². The summed E-state index contributed by atoms with van der Waals surface area (Å²) in [7, 11) is 0.0285. The van der Waals surface area contributed by atoms with Crippen LogP contribution >= 0.6 is 0 Å². The van der Waals surface area contributed by atoms with Crippen molar-refractivity contribution in [3.8, 4) is 0 Å². The number of hydrogen-bond acceptors (Lipinski definition) is 6. The lowest BCUT2D eigenvalue weighted by molar-refractivity contribution is -0.123. The molecule has 9 heteroatoms. The van der Waals surface area contributed by atoms with E-state index in [1.165, 1.54) is 5.57 Å². The van der Waals surface area contributed by atoms with E-state index < -0.39 is 24.9 Å². The van der Waals surface area contributed by atoms with E-state index >= 15 is 0 Å². The van der Waals surface area contributed by atoms with Crippen LogP contribution in [0.3, 0.4) is 0 Å². The molecule has 0 aliphatic heterocycles. The monoisotopic (exact) mass is 446 g/mol. The van der Waals surface area contributed by atoms with Gasteiger partial charge >= 0.3 is 13.2 Å². The second-order valence-electron chi connectivity index (χ2n) is 8.77. The topological polar surface area (TPSA) is 117 Å². The van der Waals surface area contributed by atoms with Crippen molar-refractivity contribution < 1.29 is 29.1 Å². The van der Waals surface area contributed by atoms with Gasteiger partial charge in [0.15, 0.2) is 0 Å². The number of benzene rings is 1. The van der Waals surface area contributed by atoms with Crippen LogP contribution in [0, 0.1) is 0 Å². The van der Waals surface area contributed by atoms with E-state index in [0.717, 1.165) is 30.6 Å². The number of hydrogen-bond donors (Lipinski definition) is 4. The zero-order valence-corrected chi connectivity index (χ0v) is 19.6. The molecule has 1 saturated carbocycles. The molecule has 1 aliphatic carbocycles. The number of amides is 2. The maximum absolute atomic E-state index is 13.1. The van der Waals surface area contributed by atoms with Crippen LogP contribution in [0.4, 0.5) is 4.79 Å². The van der Waals surface area contributed by atoms with Gasteiger partial charge in [-0.2, -0.15) is 0 Å². The molecule has 176 valence electrons. The van der Waals surface area contributed by atoms with Crippen molar-refractivity contribution in [3.63, 3.8) is 0 Å². The molecule has 1 aliphatic rings. The highest BCUT2D eigenvalue weighted by Crippen LogP contribution is 2.30. The molecule has 2 amide bonds. The van der Waals surface area contributed by atoms with E-state index in [0.29, 0.717) is 11.9 Å². The second kappa shape index (κ2) is 11.4. The van der Waals surface area contributed by atoms with Gasteiger partial charge in [0.2, 0.25) is 5.91 Å². The molecule has 0 heterocycles. The Labute approximate surface area is 190 Å². The van der Waals surface area contributed by atoms with Crippen molar-refractivity contribution in [1.82, 2.24) is 10.6 Å². The van der Waals surface area contributed by atoms with Crippen LogP contribution in [0.15, 0.2) is 35.6 Å². The molecule has 1 aromatic carbocycles. The van der Waals surface area contributed by atoms with Gasteiger partial charge in [-0.3, -0.25) is 4.79 Å². The molecule has 2 atom stereocenters. The van der Waals surface area contributed by atoms with Gasteiger partial charge in [0.05, 0.1) is 13.2 Å². The normalized spacial score (nSPS) is 15.2. The first kappa shape index (κ1) is 25.7. The molecular formula is C23H35BN2O6. The molecule has 2 unspecified atom stereocenters. The first-order valence-electron chi connectivity index (χ1n) is 11.1. The summed E-state index contributed by atoms with van der Waals surface area (Å²) < 4.78 is 11.0. The average Bonchev–Trinajstić information content (AvgIpc) is 2.69. The summed E-state index contributed by atoms with van der Waals surface area (Å²) in [6, 6.07) is 5.31. The van der Waals surface area contributed by atoms with Crippen LogP contribution in [0.5, 0.6) is 0 Å². The van der Waals surface area contributed by atoms with Crippen molar-refractivity contribution in [1.29, 1.82) is 0 Å². The third kappa shape index (κ3) is 7.27.